The first-order valence-corrected chi connectivity index (χ1v) is 5.94. The van der Waals surface area contributed by atoms with Crippen LogP contribution in [0.1, 0.15) is 31.3 Å². The minimum absolute atomic E-state index is 0.148. The average Bonchev–Trinajstić information content (AvgIpc) is 2.72. The van der Waals surface area contributed by atoms with Gasteiger partial charge in [-0.2, -0.15) is 0 Å². The summed E-state index contributed by atoms with van der Waals surface area (Å²) in [6.45, 7) is 4.53. The average molecular weight is 228 g/mol. The van der Waals surface area contributed by atoms with Crippen LogP contribution in [0.2, 0.25) is 0 Å². The summed E-state index contributed by atoms with van der Waals surface area (Å²) >= 11 is 1.59. The van der Waals surface area contributed by atoms with Crippen molar-refractivity contribution in [1.29, 1.82) is 0 Å². The van der Waals surface area contributed by atoms with E-state index < -0.39 is 0 Å². The standard InChI is InChI=1S/C10H16N2O2S/c1-3-8(10-11-5-6-15-10)12-7-9(13)14-4-2/h5-6,8,12H,3-4,7H2,1-2H3. The summed E-state index contributed by atoms with van der Waals surface area (Å²) in [6.07, 6.45) is 2.68. The van der Waals surface area contributed by atoms with E-state index in [2.05, 4.69) is 17.2 Å². The molecule has 0 fully saturated rings. The molecule has 0 amide bonds. The Bertz CT molecular complexity index is 288. The van der Waals surface area contributed by atoms with Crippen molar-refractivity contribution in [2.75, 3.05) is 13.2 Å². The predicted octanol–water partition coefficient (Wildman–Crippen LogP) is 1.75. The van der Waals surface area contributed by atoms with Crippen LogP contribution < -0.4 is 5.32 Å². The van der Waals surface area contributed by atoms with Gasteiger partial charge in [0.05, 0.1) is 19.2 Å². The third-order valence-electron chi connectivity index (χ3n) is 1.96. The molecule has 0 saturated carbocycles. The minimum atomic E-state index is -0.215. The summed E-state index contributed by atoms with van der Waals surface area (Å²) < 4.78 is 4.84. The molecule has 0 bridgehead atoms. The molecule has 0 radical (unpaired) electrons. The normalized spacial score (nSPS) is 12.4. The van der Waals surface area contributed by atoms with Crippen LogP contribution in [0.4, 0.5) is 0 Å². The van der Waals surface area contributed by atoms with Crippen molar-refractivity contribution in [1.82, 2.24) is 10.3 Å². The highest BCUT2D eigenvalue weighted by Gasteiger charge is 2.12. The molecule has 1 unspecified atom stereocenters. The molecule has 1 atom stereocenters. The highest BCUT2D eigenvalue weighted by molar-refractivity contribution is 7.09. The number of rotatable bonds is 6. The first-order chi connectivity index (χ1) is 7.27. The maximum atomic E-state index is 11.1. The fourth-order valence-electron chi connectivity index (χ4n) is 1.23. The Labute approximate surface area is 93.7 Å². The Morgan fingerprint density at radius 2 is 2.47 bits per heavy atom. The molecule has 84 valence electrons. The molecular formula is C10H16N2O2S. The number of ether oxygens (including phenoxy) is 1. The van der Waals surface area contributed by atoms with Gasteiger partial charge in [-0.15, -0.1) is 11.3 Å². The van der Waals surface area contributed by atoms with Crippen molar-refractivity contribution < 1.29 is 9.53 Å². The van der Waals surface area contributed by atoms with Crippen LogP contribution >= 0.6 is 11.3 Å². The van der Waals surface area contributed by atoms with Gasteiger partial charge in [-0.05, 0) is 13.3 Å². The molecule has 15 heavy (non-hydrogen) atoms. The molecule has 1 aromatic heterocycles. The van der Waals surface area contributed by atoms with E-state index in [0.717, 1.165) is 11.4 Å². The van der Waals surface area contributed by atoms with Crippen LogP contribution in [0, 0.1) is 0 Å². The second-order valence-corrected chi connectivity index (χ2v) is 3.94. The van der Waals surface area contributed by atoms with E-state index in [1.165, 1.54) is 0 Å². The van der Waals surface area contributed by atoms with Crippen molar-refractivity contribution in [2.24, 2.45) is 0 Å². The summed E-state index contributed by atoms with van der Waals surface area (Å²) in [5.74, 6) is -0.215. The van der Waals surface area contributed by atoms with Gasteiger partial charge in [0.1, 0.15) is 5.01 Å². The lowest BCUT2D eigenvalue weighted by Gasteiger charge is -2.13. The van der Waals surface area contributed by atoms with Gasteiger partial charge in [0.2, 0.25) is 0 Å². The molecule has 4 nitrogen and oxygen atoms in total. The Balaban J connectivity index is 2.38. The molecular weight excluding hydrogens is 212 g/mol. The Hall–Kier alpha value is -0.940. The quantitative estimate of drug-likeness (QED) is 0.754. The SMILES string of the molecule is CCOC(=O)CNC(CC)c1nccs1. The molecule has 5 heteroatoms. The topological polar surface area (TPSA) is 51.2 Å². The minimum Gasteiger partial charge on any atom is -0.465 e. The molecule has 0 aliphatic carbocycles. The number of thiazole rings is 1. The summed E-state index contributed by atoms with van der Waals surface area (Å²) in [7, 11) is 0. The zero-order valence-electron chi connectivity index (χ0n) is 9.03. The van der Waals surface area contributed by atoms with Crippen LogP contribution in [-0.2, 0) is 9.53 Å². The highest BCUT2D eigenvalue weighted by atomic mass is 32.1. The predicted molar refractivity (Wildman–Crippen MR) is 59.8 cm³/mol. The molecule has 0 aromatic carbocycles. The van der Waals surface area contributed by atoms with Crippen LogP contribution in [0.3, 0.4) is 0 Å². The highest BCUT2D eigenvalue weighted by Crippen LogP contribution is 2.18. The maximum absolute atomic E-state index is 11.1. The van der Waals surface area contributed by atoms with Gasteiger partial charge in [-0.1, -0.05) is 6.92 Å². The van der Waals surface area contributed by atoms with Crippen LogP contribution in [0.25, 0.3) is 0 Å². The molecule has 1 aromatic rings. The van der Waals surface area contributed by atoms with Gasteiger partial charge < -0.3 is 4.74 Å². The number of esters is 1. The number of hydrogen-bond donors (Lipinski definition) is 1. The van der Waals surface area contributed by atoms with E-state index in [1.807, 2.05) is 5.38 Å². The zero-order valence-corrected chi connectivity index (χ0v) is 9.84. The van der Waals surface area contributed by atoms with E-state index in [9.17, 15) is 4.79 Å². The van der Waals surface area contributed by atoms with Crippen molar-refractivity contribution in [3.63, 3.8) is 0 Å². The second kappa shape index (κ2) is 6.53. The van der Waals surface area contributed by atoms with Crippen LogP contribution in [0.15, 0.2) is 11.6 Å². The molecule has 1 heterocycles. The monoisotopic (exact) mass is 228 g/mol. The lowest BCUT2D eigenvalue weighted by atomic mass is 10.2. The number of nitrogens with zero attached hydrogens (tertiary/aromatic N) is 1. The number of nitrogens with one attached hydrogen (secondary N) is 1. The summed E-state index contributed by atoms with van der Waals surface area (Å²) in [5.41, 5.74) is 0. The summed E-state index contributed by atoms with van der Waals surface area (Å²) in [6, 6.07) is 0.148. The number of carbonyl (C=O) groups is 1. The molecule has 0 spiro atoms. The third-order valence-corrected chi connectivity index (χ3v) is 2.85. The number of hydrogen-bond acceptors (Lipinski definition) is 5. The maximum Gasteiger partial charge on any atom is 0.319 e. The van der Waals surface area contributed by atoms with Gasteiger partial charge in [0, 0.05) is 11.6 Å². The lowest BCUT2D eigenvalue weighted by molar-refractivity contribution is -0.142. The van der Waals surface area contributed by atoms with Crippen molar-refractivity contribution in [3.8, 4) is 0 Å². The van der Waals surface area contributed by atoms with Gasteiger partial charge in [0.15, 0.2) is 0 Å². The second-order valence-electron chi connectivity index (χ2n) is 3.02. The van der Waals surface area contributed by atoms with Gasteiger partial charge in [-0.25, -0.2) is 4.98 Å². The Morgan fingerprint density at radius 3 is 3.00 bits per heavy atom. The first-order valence-electron chi connectivity index (χ1n) is 5.06. The first kappa shape index (κ1) is 12.1. The molecule has 0 aliphatic heterocycles. The molecule has 0 aliphatic rings. The Morgan fingerprint density at radius 1 is 1.67 bits per heavy atom. The van der Waals surface area contributed by atoms with Gasteiger partial charge in [0.25, 0.3) is 0 Å². The zero-order chi connectivity index (χ0) is 11.1. The van der Waals surface area contributed by atoms with E-state index in [-0.39, 0.29) is 18.6 Å². The van der Waals surface area contributed by atoms with Gasteiger partial charge >= 0.3 is 5.97 Å². The molecule has 1 rings (SSSR count). The van der Waals surface area contributed by atoms with Crippen LogP contribution in [-0.4, -0.2) is 24.1 Å². The van der Waals surface area contributed by atoms with Crippen molar-refractivity contribution in [3.05, 3.63) is 16.6 Å². The number of carbonyl (C=O) groups excluding carboxylic acids is 1. The Kier molecular flexibility index (Phi) is 5.28. The van der Waals surface area contributed by atoms with Crippen LogP contribution in [0.5, 0.6) is 0 Å². The van der Waals surface area contributed by atoms with Gasteiger partial charge in [-0.3, -0.25) is 10.1 Å². The van der Waals surface area contributed by atoms with E-state index in [1.54, 1.807) is 24.5 Å². The van der Waals surface area contributed by atoms with Crippen molar-refractivity contribution in [2.45, 2.75) is 26.3 Å². The van der Waals surface area contributed by atoms with Crippen molar-refractivity contribution >= 4 is 17.3 Å². The number of aromatic nitrogens is 1. The molecule has 1 N–H and O–H groups in total. The summed E-state index contributed by atoms with van der Waals surface area (Å²) in [5, 5.41) is 6.08. The lowest BCUT2D eigenvalue weighted by Crippen LogP contribution is -2.28. The fraction of sp³-hybridized carbons (Fsp3) is 0.600. The van der Waals surface area contributed by atoms with E-state index >= 15 is 0 Å². The smallest absolute Gasteiger partial charge is 0.319 e. The largest absolute Gasteiger partial charge is 0.465 e. The van der Waals surface area contributed by atoms with E-state index in [4.69, 9.17) is 4.74 Å². The molecule has 0 saturated heterocycles. The third kappa shape index (κ3) is 3.97. The fourth-order valence-corrected chi connectivity index (χ4v) is 2.03. The van der Waals surface area contributed by atoms with E-state index in [0.29, 0.717) is 6.61 Å². The summed E-state index contributed by atoms with van der Waals surface area (Å²) in [4.78, 5) is 15.3.